The lowest BCUT2D eigenvalue weighted by molar-refractivity contribution is -0.142. The number of phenols is 1. The van der Waals surface area contributed by atoms with Crippen molar-refractivity contribution in [3.63, 3.8) is 0 Å². The monoisotopic (exact) mass is 424 g/mol. The van der Waals surface area contributed by atoms with Gasteiger partial charge in [-0.25, -0.2) is 0 Å². The summed E-state index contributed by atoms with van der Waals surface area (Å²) in [6, 6.07) is 22.2. The van der Waals surface area contributed by atoms with Gasteiger partial charge in [0.2, 0.25) is 17.7 Å². The van der Waals surface area contributed by atoms with Gasteiger partial charge in [0.1, 0.15) is 12.3 Å². The number of benzene rings is 3. The Morgan fingerprint density at radius 2 is 1.19 bits per heavy atom. The number of nitrogens with one attached hydrogen (secondary N) is 1. The normalized spacial score (nSPS) is 24.7. The molecule has 3 aromatic carbocycles. The fourth-order valence-electron chi connectivity index (χ4n) is 5.78. The summed E-state index contributed by atoms with van der Waals surface area (Å²) in [6.45, 7) is -0.322. The van der Waals surface area contributed by atoms with E-state index in [2.05, 4.69) is 29.6 Å². The van der Waals surface area contributed by atoms with E-state index in [9.17, 15) is 19.5 Å². The SMILES string of the molecule is O=C(CN1C(=O)[C@@H]2C3c4ccccc4C(c4ccccc43)[C@H]2C1=O)Nc1ccc(O)cc1. The summed E-state index contributed by atoms with van der Waals surface area (Å²) >= 11 is 0. The largest absolute Gasteiger partial charge is 0.508 e. The molecule has 0 saturated carbocycles. The lowest BCUT2D eigenvalue weighted by Crippen LogP contribution is -2.41. The molecule has 1 fully saturated rings. The lowest BCUT2D eigenvalue weighted by atomic mass is 9.55. The number of nitrogens with zero attached hydrogens (tertiary/aromatic N) is 1. The van der Waals surface area contributed by atoms with Crippen LogP contribution in [0.4, 0.5) is 5.69 Å². The van der Waals surface area contributed by atoms with E-state index in [1.165, 1.54) is 12.1 Å². The minimum atomic E-state index is -0.487. The van der Waals surface area contributed by atoms with Crippen LogP contribution in [-0.4, -0.2) is 34.3 Å². The highest BCUT2D eigenvalue weighted by atomic mass is 16.3. The van der Waals surface area contributed by atoms with Crippen molar-refractivity contribution in [1.82, 2.24) is 4.90 Å². The minimum absolute atomic E-state index is 0.0894. The molecule has 0 radical (unpaired) electrons. The van der Waals surface area contributed by atoms with Crippen LogP contribution in [0, 0.1) is 11.8 Å². The third-order valence-electron chi connectivity index (χ3n) is 6.99. The number of phenolic OH excluding ortho intramolecular Hbond substituents is 1. The van der Waals surface area contributed by atoms with Gasteiger partial charge in [-0.3, -0.25) is 19.3 Å². The van der Waals surface area contributed by atoms with Gasteiger partial charge in [0.25, 0.3) is 0 Å². The molecule has 0 spiro atoms. The van der Waals surface area contributed by atoms with E-state index in [1.807, 2.05) is 24.3 Å². The first kappa shape index (κ1) is 18.8. The van der Waals surface area contributed by atoms with E-state index in [4.69, 9.17) is 0 Å². The number of rotatable bonds is 3. The van der Waals surface area contributed by atoms with Crippen LogP contribution in [0.3, 0.4) is 0 Å². The molecule has 6 nitrogen and oxygen atoms in total. The third-order valence-corrected chi connectivity index (χ3v) is 6.99. The summed E-state index contributed by atoms with van der Waals surface area (Å²) in [5.41, 5.74) is 4.91. The van der Waals surface area contributed by atoms with Gasteiger partial charge in [-0.2, -0.15) is 0 Å². The molecule has 3 aromatic rings. The fourth-order valence-corrected chi connectivity index (χ4v) is 5.78. The number of likely N-dealkylation sites (tertiary alicyclic amines) is 1. The number of imide groups is 1. The summed E-state index contributed by atoms with van der Waals surface area (Å²) in [5.74, 6) is -2.25. The zero-order chi connectivity index (χ0) is 22.0. The molecule has 1 saturated heterocycles. The molecule has 1 heterocycles. The van der Waals surface area contributed by atoms with Crippen LogP contribution in [0.25, 0.3) is 0 Å². The van der Waals surface area contributed by atoms with E-state index < -0.39 is 17.7 Å². The first-order valence-corrected chi connectivity index (χ1v) is 10.7. The third kappa shape index (κ3) is 2.56. The molecule has 2 bridgehead atoms. The summed E-state index contributed by atoms with van der Waals surface area (Å²) in [6.07, 6.45) is 0. The lowest BCUT2D eigenvalue weighted by Gasteiger charge is -2.45. The van der Waals surface area contributed by atoms with Gasteiger partial charge in [-0.1, -0.05) is 48.5 Å². The van der Waals surface area contributed by atoms with Gasteiger partial charge in [-0.15, -0.1) is 0 Å². The van der Waals surface area contributed by atoms with E-state index in [0.29, 0.717) is 5.69 Å². The molecule has 6 heteroatoms. The number of carbonyl (C=O) groups excluding carboxylic acids is 3. The molecular formula is C26H20N2O4. The van der Waals surface area contributed by atoms with Crippen molar-refractivity contribution in [3.8, 4) is 5.75 Å². The molecule has 3 aliphatic carbocycles. The average molecular weight is 424 g/mol. The summed E-state index contributed by atoms with van der Waals surface area (Å²) < 4.78 is 0. The maximum atomic E-state index is 13.5. The standard InChI is InChI=1S/C26H20N2O4/c29-15-11-9-14(10-12-15)27-20(30)13-28-25(31)23-21-16-5-1-2-6-17(16)22(24(23)26(28)32)19-8-4-3-7-18(19)21/h1-12,21-24,29H,13H2,(H,27,30)/t21?,22?,23-,24-/m1/s1. The number of hydrogen-bond acceptors (Lipinski definition) is 4. The van der Waals surface area contributed by atoms with E-state index in [0.717, 1.165) is 27.2 Å². The van der Waals surface area contributed by atoms with Crippen LogP contribution >= 0.6 is 0 Å². The molecule has 4 aliphatic rings. The van der Waals surface area contributed by atoms with Crippen molar-refractivity contribution in [2.75, 3.05) is 11.9 Å². The Morgan fingerprint density at radius 3 is 1.62 bits per heavy atom. The Kier molecular flexibility index (Phi) is 3.99. The van der Waals surface area contributed by atoms with Crippen LogP contribution < -0.4 is 5.32 Å². The van der Waals surface area contributed by atoms with Crippen molar-refractivity contribution in [2.45, 2.75) is 11.8 Å². The van der Waals surface area contributed by atoms with E-state index in [1.54, 1.807) is 12.1 Å². The zero-order valence-corrected chi connectivity index (χ0v) is 17.1. The topological polar surface area (TPSA) is 86.7 Å². The molecular weight excluding hydrogens is 404 g/mol. The van der Waals surface area contributed by atoms with Crippen molar-refractivity contribution >= 4 is 23.4 Å². The molecule has 7 rings (SSSR count). The van der Waals surface area contributed by atoms with Gasteiger partial charge in [-0.05, 0) is 46.5 Å². The fraction of sp³-hybridized carbons (Fsp3) is 0.192. The summed E-state index contributed by atoms with van der Waals surface area (Å²) in [4.78, 5) is 40.7. The van der Waals surface area contributed by atoms with Crippen molar-refractivity contribution in [3.05, 3.63) is 95.1 Å². The molecule has 0 aromatic heterocycles. The van der Waals surface area contributed by atoms with Gasteiger partial charge < -0.3 is 10.4 Å². The van der Waals surface area contributed by atoms with Crippen LogP contribution in [0.15, 0.2) is 72.8 Å². The number of amides is 3. The van der Waals surface area contributed by atoms with Gasteiger partial charge in [0.15, 0.2) is 0 Å². The maximum Gasteiger partial charge on any atom is 0.244 e. The Labute approximate surface area is 184 Å². The second kappa shape index (κ2) is 6.79. The van der Waals surface area contributed by atoms with Crippen LogP contribution in [-0.2, 0) is 14.4 Å². The number of hydrogen-bond donors (Lipinski definition) is 2. The van der Waals surface area contributed by atoms with Crippen LogP contribution in [0.2, 0.25) is 0 Å². The smallest absolute Gasteiger partial charge is 0.244 e. The summed E-state index contributed by atoms with van der Waals surface area (Å²) in [7, 11) is 0. The molecule has 32 heavy (non-hydrogen) atoms. The molecule has 0 unspecified atom stereocenters. The van der Waals surface area contributed by atoms with Gasteiger partial charge in [0, 0.05) is 17.5 Å². The Morgan fingerprint density at radius 1 is 0.750 bits per heavy atom. The molecule has 2 N–H and O–H groups in total. The van der Waals surface area contributed by atoms with E-state index in [-0.39, 0.29) is 35.9 Å². The molecule has 2 atom stereocenters. The predicted octanol–water partition coefficient (Wildman–Crippen LogP) is 3.22. The Balaban J connectivity index is 1.34. The summed E-state index contributed by atoms with van der Waals surface area (Å²) in [5, 5.41) is 12.1. The number of carbonyl (C=O) groups is 3. The predicted molar refractivity (Wildman–Crippen MR) is 117 cm³/mol. The van der Waals surface area contributed by atoms with E-state index >= 15 is 0 Å². The molecule has 1 aliphatic heterocycles. The highest BCUT2D eigenvalue weighted by Gasteiger charge is 2.61. The molecule has 3 amide bonds. The van der Waals surface area contributed by atoms with Crippen molar-refractivity contribution in [2.24, 2.45) is 11.8 Å². The number of aromatic hydroxyl groups is 1. The Bertz CT molecular complexity index is 1170. The van der Waals surface area contributed by atoms with Crippen molar-refractivity contribution in [1.29, 1.82) is 0 Å². The number of anilines is 1. The van der Waals surface area contributed by atoms with Crippen LogP contribution in [0.1, 0.15) is 34.1 Å². The molecule has 158 valence electrons. The average Bonchev–Trinajstić information content (AvgIpc) is 3.06. The highest BCUT2D eigenvalue weighted by Crippen LogP contribution is 2.60. The second-order valence-corrected chi connectivity index (χ2v) is 8.62. The van der Waals surface area contributed by atoms with Crippen molar-refractivity contribution < 1.29 is 19.5 Å². The second-order valence-electron chi connectivity index (χ2n) is 8.62. The maximum absolute atomic E-state index is 13.5. The zero-order valence-electron chi connectivity index (χ0n) is 17.1. The Hall–Kier alpha value is -3.93. The minimum Gasteiger partial charge on any atom is -0.508 e. The first-order chi connectivity index (χ1) is 15.5. The quantitative estimate of drug-likeness (QED) is 0.499. The van der Waals surface area contributed by atoms with Gasteiger partial charge in [0.05, 0.1) is 11.8 Å². The van der Waals surface area contributed by atoms with Gasteiger partial charge >= 0.3 is 0 Å². The first-order valence-electron chi connectivity index (χ1n) is 10.7. The highest BCUT2D eigenvalue weighted by molar-refractivity contribution is 6.10. The van der Waals surface area contributed by atoms with Crippen LogP contribution in [0.5, 0.6) is 5.75 Å².